The zero-order chi connectivity index (χ0) is 18.6. The third-order valence-corrected chi connectivity index (χ3v) is 5.85. The van der Waals surface area contributed by atoms with Crippen molar-refractivity contribution in [2.24, 2.45) is 0 Å². The maximum absolute atomic E-state index is 12.5. The van der Waals surface area contributed by atoms with Gasteiger partial charge in [-0.3, -0.25) is 4.79 Å². The van der Waals surface area contributed by atoms with Crippen LogP contribution in [0.15, 0.2) is 48.5 Å². The number of anilines is 1. The van der Waals surface area contributed by atoms with Crippen LogP contribution in [0.2, 0.25) is 0 Å². The molecule has 0 bridgehead atoms. The number of carbonyl (C=O) groups excluding carboxylic acids is 1. The van der Waals surface area contributed by atoms with Crippen LogP contribution in [-0.2, 0) is 11.2 Å². The Balaban J connectivity index is 1.41. The van der Waals surface area contributed by atoms with Gasteiger partial charge in [0.2, 0.25) is 5.91 Å². The minimum atomic E-state index is 0.198. The number of nitrogens with zero attached hydrogens (tertiary/aromatic N) is 3. The van der Waals surface area contributed by atoms with Gasteiger partial charge in [-0.1, -0.05) is 47.7 Å². The Morgan fingerprint density at radius 1 is 1.07 bits per heavy atom. The second-order valence-electron chi connectivity index (χ2n) is 6.56. The minimum absolute atomic E-state index is 0.198. The van der Waals surface area contributed by atoms with Crippen molar-refractivity contribution in [2.75, 3.05) is 37.7 Å². The number of rotatable bonds is 5. The summed E-state index contributed by atoms with van der Waals surface area (Å²) in [6.45, 7) is 5.71. The molecular formula is C21H23N3O2S. The molecule has 4 rings (SSSR count). The number of hydrogen-bond donors (Lipinski definition) is 0. The van der Waals surface area contributed by atoms with Crippen LogP contribution >= 0.6 is 11.3 Å². The van der Waals surface area contributed by atoms with Crippen molar-refractivity contribution in [2.45, 2.75) is 13.3 Å². The Morgan fingerprint density at radius 3 is 2.59 bits per heavy atom. The molecule has 3 aromatic rings. The van der Waals surface area contributed by atoms with E-state index in [1.54, 1.807) is 11.3 Å². The lowest BCUT2D eigenvalue weighted by molar-refractivity contribution is -0.130. The van der Waals surface area contributed by atoms with Crippen molar-refractivity contribution in [1.82, 2.24) is 9.88 Å². The van der Waals surface area contributed by atoms with E-state index in [9.17, 15) is 4.79 Å². The summed E-state index contributed by atoms with van der Waals surface area (Å²) < 4.78 is 6.84. The summed E-state index contributed by atoms with van der Waals surface area (Å²) in [5.74, 6) is 1.04. The number of thiazole rings is 1. The van der Waals surface area contributed by atoms with Gasteiger partial charge in [-0.2, -0.15) is 0 Å². The average Bonchev–Trinajstić information content (AvgIpc) is 3.14. The van der Waals surface area contributed by atoms with E-state index in [1.807, 2.05) is 54.3 Å². The fraction of sp³-hybridized carbons (Fsp3) is 0.333. The number of piperazine rings is 1. The molecule has 6 heteroatoms. The van der Waals surface area contributed by atoms with Gasteiger partial charge in [-0.25, -0.2) is 4.98 Å². The van der Waals surface area contributed by atoms with Crippen LogP contribution in [0.5, 0.6) is 5.75 Å². The molecule has 140 valence electrons. The van der Waals surface area contributed by atoms with Gasteiger partial charge in [-0.05, 0) is 24.6 Å². The molecule has 0 aliphatic carbocycles. The summed E-state index contributed by atoms with van der Waals surface area (Å²) in [5.41, 5.74) is 2.00. The highest BCUT2D eigenvalue weighted by Crippen LogP contribution is 2.34. The van der Waals surface area contributed by atoms with Crippen LogP contribution in [0.4, 0.5) is 5.13 Å². The molecule has 1 aliphatic heterocycles. The van der Waals surface area contributed by atoms with Crippen LogP contribution in [0.1, 0.15) is 12.5 Å². The maximum Gasteiger partial charge on any atom is 0.227 e. The Labute approximate surface area is 163 Å². The van der Waals surface area contributed by atoms with Crippen LogP contribution in [-0.4, -0.2) is 48.6 Å². The van der Waals surface area contributed by atoms with Gasteiger partial charge >= 0.3 is 0 Å². The molecule has 0 radical (unpaired) electrons. The lowest BCUT2D eigenvalue weighted by Crippen LogP contribution is -2.49. The molecule has 1 saturated heterocycles. The average molecular weight is 382 g/mol. The van der Waals surface area contributed by atoms with E-state index in [0.29, 0.717) is 13.0 Å². The molecule has 0 spiro atoms. The summed E-state index contributed by atoms with van der Waals surface area (Å²) >= 11 is 1.69. The van der Waals surface area contributed by atoms with E-state index in [-0.39, 0.29) is 5.91 Å². The third-order valence-electron chi connectivity index (χ3n) is 4.77. The van der Waals surface area contributed by atoms with Crippen molar-refractivity contribution < 1.29 is 9.53 Å². The van der Waals surface area contributed by atoms with E-state index in [4.69, 9.17) is 9.72 Å². The Morgan fingerprint density at radius 2 is 1.85 bits per heavy atom. The second-order valence-corrected chi connectivity index (χ2v) is 7.57. The molecule has 0 N–H and O–H groups in total. The monoisotopic (exact) mass is 381 g/mol. The van der Waals surface area contributed by atoms with E-state index in [1.165, 1.54) is 0 Å². The van der Waals surface area contributed by atoms with Gasteiger partial charge in [0.1, 0.15) is 11.3 Å². The first-order valence-corrected chi connectivity index (χ1v) is 10.1. The zero-order valence-electron chi connectivity index (χ0n) is 15.4. The number of hydrogen-bond acceptors (Lipinski definition) is 5. The molecule has 1 aliphatic rings. The first-order valence-electron chi connectivity index (χ1n) is 9.33. The summed E-state index contributed by atoms with van der Waals surface area (Å²) in [6, 6.07) is 16.0. The molecule has 1 aromatic heterocycles. The lowest BCUT2D eigenvalue weighted by atomic mass is 10.1. The molecule has 2 heterocycles. The maximum atomic E-state index is 12.5. The predicted molar refractivity (Wildman–Crippen MR) is 110 cm³/mol. The van der Waals surface area contributed by atoms with Gasteiger partial charge in [0.25, 0.3) is 0 Å². The SMILES string of the molecule is CCOc1cccc2sc(N3CCN(C(=O)Cc4ccccc4)CC3)nc12. The largest absolute Gasteiger partial charge is 0.492 e. The topological polar surface area (TPSA) is 45.7 Å². The molecule has 1 fully saturated rings. The number of benzene rings is 2. The summed E-state index contributed by atoms with van der Waals surface area (Å²) in [4.78, 5) is 21.6. The Kier molecular flexibility index (Phi) is 5.25. The first-order chi connectivity index (χ1) is 13.2. The highest BCUT2D eigenvalue weighted by Gasteiger charge is 2.23. The van der Waals surface area contributed by atoms with Gasteiger partial charge in [-0.15, -0.1) is 0 Å². The molecule has 0 unspecified atom stereocenters. The number of amides is 1. The van der Waals surface area contributed by atoms with Gasteiger partial charge in [0.15, 0.2) is 5.13 Å². The van der Waals surface area contributed by atoms with Crippen molar-refractivity contribution in [3.8, 4) is 5.75 Å². The smallest absolute Gasteiger partial charge is 0.227 e. The van der Waals surface area contributed by atoms with Crippen molar-refractivity contribution in [3.63, 3.8) is 0 Å². The number of carbonyl (C=O) groups is 1. The summed E-state index contributed by atoms with van der Waals surface area (Å²) in [7, 11) is 0. The van der Waals surface area contributed by atoms with E-state index in [2.05, 4.69) is 11.0 Å². The number of para-hydroxylation sites is 1. The van der Waals surface area contributed by atoms with Gasteiger partial charge in [0, 0.05) is 26.2 Å². The normalized spacial score (nSPS) is 14.6. The Bertz CT molecular complexity index is 918. The molecule has 5 nitrogen and oxygen atoms in total. The molecular weight excluding hydrogens is 358 g/mol. The van der Waals surface area contributed by atoms with Crippen molar-refractivity contribution in [1.29, 1.82) is 0 Å². The van der Waals surface area contributed by atoms with Gasteiger partial charge in [0.05, 0.1) is 17.7 Å². The van der Waals surface area contributed by atoms with Crippen molar-refractivity contribution >= 4 is 32.6 Å². The van der Waals surface area contributed by atoms with Crippen LogP contribution in [0.3, 0.4) is 0 Å². The third kappa shape index (κ3) is 3.90. The molecule has 27 heavy (non-hydrogen) atoms. The molecule has 1 amide bonds. The fourth-order valence-corrected chi connectivity index (χ4v) is 4.38. The second kappa shape index (κ2) is 7.96. The predicted octanol–water partition coefficient (Wildman–Crippen LogP) is 3.59. The fourth-order valence-electron chi connectivity index (χ4n) is 3.35. The van der Waals surface area contributed by atoms with Crippen LogP contribution < -0.4 is 9.64 Å². The first kappa shape index (κ1) is 17.8. The quantitative estimate of drug-likeness (QED) is 0.678. The standard InChI is InChI=1S/C21H23N3O2S/c1-2-26-17-9-6-10-18-20(17)22-21(27-18)24-13-11-23(12-14-24)19(25)15-16-7-4-3-5-8-16/h3-10H,2,11-15H2,1H3. The highest BCUT2D eigenvalue weighted by atomic mass is 32.1. The zero-order valence-corrected chi connectivity index (χ0v) is 16.2. The van der Waals surface area contributed by atoms with Crippen LogP contribution in [0, 0.1) is 0 Å². The van der Waals surface area contributed by atoms with Crippen LogP contribution in [0.25, 0.3) is 10.2 Å². The number of fused-ring (bicyclic) bond motifs is 1. The molecule has 0 saturated carbocycles. The summed E-state index contributed by atoms with van der Waals surface area (Å²) in [5, 5.41) is 1.01. The highest BCUT2D eigenvalue weighted by molar-refractivity contribution is 7.22. The molecule has 0 atom stereocenters. The molecule has 2 aromatic carbocycles. The van der Waals surface area contributed by atoms with Crippen molar-refractivity contribution in [3.05, 3.63) is 54.1 Å². The van der Waals surface area contributed by atoms with E-state index >= 15 is 0 Å². The minimum Gasteiger partial charge on any atom is -0.492 e. The number of ether oxygens (including phenoxy) is 1. The van der Waals surface area contributed by atoms with E-state index in [0.717, 1.165) is 52.8 Å². The van der Waals surface area contributed by atoms with E-state index < -0.39 is 0 Å². The summed E-state index contributed by atoms with van der Waals surface area (Å²) in [6.07, 6.45) is 0.472. The Hall–Kier alpha value is -2.60. The number of aromatic nitrogens is 1. The lowest BCUT2D eigenvalue weighted by Gasteiger charge is -2.34. The van der Waals surface area contributed by atoms with Gasteiger partial charge < -0.3 is 14.5 Å².